The Bertz CT molecular complexity index is 1660. The zero-order chi connectivity index (χ0) is 33.0. The summed E-state index contributed by atoms with van der Waals surface area (Å²) >= 11 is 0. The highest BCUT2D eigenvalue weighted by atomic mass is 32.2. The van der Waals surface area contributed by atoms with Crippen molar-refractivity contribution >= 4 is 21.7 Å². The summed E-state index contributed by atoms with van der Waals surface area (Å²) in [5.41, 5.74) is 4.83. The lowest BCUT2D eigenvalue weighted by Crippen LogP contribution is -2.52. The number of halogens is 1. The molecule has 0 unspecified atom stereocenters. The number of aliphatic hydroxyl groups excluding tert-OH is 1. The summed E-state index contributed by atoms with van der Waals surface area (Å²) in [6.07, 6.45) is 3.89. The normalized spacial score (nSPS) is 18.1. The van der Waals surface area contributed by atoms with Crippen LogP contribution in [0.2, 0.25) is 0 Å². The Hall–Kier alpha value is -3.55. The van der Waals surface area contributed by atoms with E-state index in [4.69, 9.17) is 14.6 Å². The second-order valence-corrected chi connectivity index (χ2v) is 14.3. The molecule has 3 aromatic carbocycles. The number of amides is 2. The molecule has 1 saturated carbocycles. The lowest BCUT2D eigenvalue weighted by atomic mass is 9.87. The molecule has 0 bridgehead atoms. The molecule has 3 aromatic rings. The SMILES string of the molecule is CCOc1cc(-c2ccc(F)cc2)c(C2CC2)cc1CN1CCC2(CC1)CN(c1ccc(S(=O)(=O)NCCOCCO)cc1)C(=O)N2. The molecule has 3 N–H and O–H groups in total. The average molecular weight is 667 g/mol. The van der Waals surface area contributed by atoms with Gasteiger partial charge in [0.05, 0.1) is 43.4 Å². The smallest absolute Gasteiger partial charge is 0.322 e. The zero-order valence-electron chi connectivity index (χ0n) is 26.7. The molecule has 0 aromatic heterocycles. The van der Waals surface area contributed by atoms with Gasteiger partial charge in [0.2, 0.25) is 10.0 Å². The average Bonchev–Trinajstić information content (AvgIpc) is 3.86. The minimum absolute atomic E-state index is 0.0913. The number of carbonyl (C=O) groups excluding carboxylic acids is 1. The number of aliphatic hydroxyl groups is 1. The molecule has 3 fully saturated rings. The Morgan fingerprint density at radius 2 is 1.77 bits per heavy atom. The zero-order valence-corrected chi connectivity index (χ0v) is 27.5. The van der Waals surface area contributed by atoms with Gasteiger partial charge in [-0.15, -0.1) is 0 Å². The summed E-state index contributed by atoms with van der Waals surface area (Å²) in [6, 6.07) is 17.2. The lowest BCUT2D eigenvalue weighted by molar-refractivity contribution is 0.0961. The van der Waals surface area contributed by atoms with Crippen molar-refractivity contribution in [1.82, 2.24) is 14.9 Å². The van der Waals surface area contributed by atoms with Crippen molar-refractivity contribution in [3.05, 3.63) is 77.6 Å². The molecule has 47 heavy (non-hydrogen) atoms. The van der Waals surface area contributed by atoms with E-state index in [0.29, 0.717) is 24.8 Å². The fourth-order valence-electron chi connectivity index (χ4n) is 6.55. The second-order valence-electron chi connectivity index (χ2n) is 12.6. The van der Waals surface area contributed by atoms with Gasteiger partial charge in [0, 0.05) is 37.4 Å². The summed E-state index contributed by atoms with van der Waals surface area (Å²) in [4.78, 5) is 17.3. The van der Waals surface area contributed by atoms with E-state index in [0.717, 1.165) is 67.8 Å². The number of urea groups is 1. The van der Waals surface area contributed by atoms with Gasteiger partial charge < -0.3 is 19.9 Å². The van der Waals surface area contributed by atoms with E-state index in [1.807, 2.05) is 19.1 Å². The molecule has 12 heteroatoms. The van der Waals surface area contributed by atoms with E-state index in [2.05, 4.69) is 27.1 Å². The predicted molar refractivity (Wildman–Crippen MR) is 178 cm³/mol. The fraction of sp³-hybridized carbons (Fsp3) is 0.457. The standard InChI is InChI=1S/C35H43FN4O6S/c1-2-46-33-22-32(26-5-7-28(36)8-6-26)31(25-3-4-25)21-27(33)23-39-16-13-35(14-17-39)24-40(34(42)38-35)29-9-11-30(12-10-29)47(43,44)37-15-19-45-20-18-41/h5-12,21-22,25,37,41H,2-4,13-20,23-24H2,1H3,(H,38,42). The molecule has 2 heterocycles. The number of benzene rings is 3. The summed E-state index contributed by atoms with van der Waals surface area (Å²) in [7, 11) is -3.73. The highest BCUT2D eigenvalue weighted by molar-refractivity contribution is 7.89. The van der Waals surface area contributed by atoms with Crippen LogP contribution in [-0.2, 0) is 21.3 Å². The molecule has 0 radical (unpaired) electrons. The number of nitrogens with one attached hydrogen (secondary N) is 2. The van der Waals surface area contributed by atoms with Crippen LogP contribution in [0.5, 0.6) is 5.75 Å². The largest absolute Gasteiger partial charge is 0.494 e. The number of ether oxygens (including phenoxy) is 2. The van der Waals surface area contributed by atoms with Crippen LogP contribution in [-0.4, -0.2) is 82.6 Å². The Balaban J connectivity index is 1.09. The Kier molecular flexibility index (Phi) is 10.1. The van der Waals surface area contributed by atoms with Gasteiger partial charge in [0.1, 0.15) is 11.6 Å². The molecule has 252 valence electrons. The first-order valence-electron chi connectivity index (χ1n) is 16.4. The van der Waals surface area contributed by atoms with Crippen molar-refractivity contribution in [2.75, 3.05) is 57.5 Å². The van der Waals surface area contributed by atoms with Gasteiger partial charge in [0.15, 0.2) is 0 Å². The third-order valence-electron chi connectivity index (χ3n) is 9.22. The van der Waals surface area contributed by atoms with Crippen molar-refractivity contribution in [2.24, 2.45) is 0 Å². The van der Waals surface area contributed by atoms with Crippen molar-refractivity contribution in [3.63, 3.8) is 0 Å². The molecule has 0 atom stereocenters. The van der Waals surface area contributed by atoms with E-state index in [-0.39, 0.29) is 48.6 Å². The number of piperidine rings is 1. The maximum atomic E-state index is 13.7. The summed E-state index contributed by atoms with van der Waals surface area (Å²) in [5.74, 6) is 1.12. The van der Waals surface area contributed by atoms with E-state index < -0.39 is 10.0 Å². The van der Waals surface area contributed by atoms with Crippen LogP contribution in [0.1, 0.15) is 49.7 Å². The van der Waals surface area contributed by atoms with Gasteiger partial charge in [-0.1, -0.05) is 12.1 Å². The highest BCUT2D eigenvalue weighted by Gasteiger charge is 2.45. The Labute approximate surface area is 275 Å². The Morgan fingerprint density at radius 1 is 1.04 bits per heavy atom. The third kappa shape index (κ3) is 7.79. The van der Waals surface area contributed by atoms with Crippen LogP contribution in [0.25, 0.3) is 11.1 Å². The van der Waals surface area contributed by atoms with Crippen LogP contribution in [0, 0.1) is 5.82 Å². The van der Waals surface area contributed by atoms with Crippen LogP contribution >= 0.6 is 0 Å². The van der Waals surface area contributed by atoms with Gasteiger partial charge >= 0.3 is 6.03 Å². The van der Waals surface area contributed by atoms with E-state index >= 15 is 0 Å². The molecule has 1 spiro atoms. The summed E-state index contributed by atoms with van der Waals surface area (Å²) in [6.45, 7) is 5.68. The molecular formula is C35H43FN4O6S. The van der Waals surface area contributed by atoms with Gasteiger partial charge in [-0.2, -0.15) is 0 Å². The van der Waals surface area contributed by atoms with Gasteiger partial charge in [-0.05, 0) is 104 Å². The van der Waals surface area contributed by atoms with Crippen molar-refractivity contribution < 1.29 is 32.2 Å². The fourth-order valence-corrected chi connectivity index (χ4v) is 7.57. The maximum Gasteiger partial charge on any atom is 0.322 e. The van der Waals surface area contributed by atoms with E-state index in [1.54, 1.807) is 17.0 Å². The number of carbonyl (C=O) groups is 1. The van der Waals surface area contributed by atoms with Crippen molar-refractivity contribution in [2.45, 2.75) is 55.5 Å². The second kappa shape index (κ2) is 14.3. The number of hydrogen-bond donors (Lipinski definition) is 3. The molecule has 10 nitrogen and oxygen atoms in total. The van der Waals surface area contributed by atoms with E-state index in [1.165, 1.54) is 29.8 Å². The predicted octanol–water partition coefficient (Wildman–Crippen LogP) is 4.62. The molecule has 1 aliphatic carbocycles. The van der Waals surface area contributed by atoms with E-state index in [9.17, 15) is 17.6 Å². The number of nitrogens with zero attached hydrogens (tertiary/aromatic N) is 2. The number of sulfonamides is 1. The molecule has 3 aliphatic rings. The number of rotatable bonds is 14. The van der Waals surface area contributed by atoms with Crippen LogP contribution in [0.15, 0.2) is 65.6 Å². The highest BCUT2D eigenvalue weighted by Crippen LogP contribution is 2.47. The van der Waals surface area contributed by atoms with Gasteiger partial charge in [-0.25, -0.2) is 22.3 Å². The number of likely N-dealkylation sites (tertiary alicyclic amines) is 1. The molecule has 2 aliphatic heterocycles. The van der Waals surface area contributed by atoms with Crippen LogP contribution in [0.3, 0.4) is 0 Å². The molecule has 6 rings (SSSR count). The quantitative estimate of drug-likeness (QED) is 0.215. The third-order valence-corrected chi connectivity index (χ3v) is 10.7. The minimum atomic E-state index is -3.73. The summed E-state index contributed by atoms with van der Waals surface area (Å²) < 4.78 is 52.7. The lowest BCUT2D eigenvalue weighted by Gasteiger charge is -2.39. The van der Waals surface area contributed by atoms with Gasteiger partial charge in [-0.3, -0.25) is 9.80 Å². The van der Waals surface area contributed by atoms with Crippen molar-refractivity contribution in [3.8, 4) is 16.9 Å². The first kappa shape index (κ1) is 33.4. The van der Waals surface area contributed by atoms with Crippen LogP contribution in [0.4, 0.5) is 14.9 Å². The molecular weight excluding hydrogens is 623 g/mol. The monoisotopic (exact) mass is 666 g/mol. The van der Waals surface area contributed by atoms with Gasteiger partial charge in [0.25, 0.3) is 0 Å². The van der Waals surface area contributed by atoms with Crippen molar-refractivity contribution in [1.29, 1.82) is 0 Å². The first-order chi connectivity index (χ1) is 22.7. The Morgan fingerprint density at radius 3 is 2.43 bits per heavy atom. The summed E-state index contributed by atoms with van der Waals surface area (Å²) in [5, 5.41) is 12.0. The topological polar surface area (TPSA) is 120 Å². The minimum Gasteiger partial charge on any atom is -0.494 e. The number of hydrogen-bond acceptors (Lipinski definition) is 7. The first-order valence-corrected chi connectivity index (χ1v) is 17.8. The maximum absolute atomic E-state index is 13.7. The molecule has 2 amide bonds. The van der Waals surface area contributed by atoms with Crippen LogP contribution < -0.4 is 19.7 Å². The molecule has 2 saturated heterocycles. The number of anilines is 1.